The number of benzene rings is 2. The molecular formula is C26H29BrFN3O6. The zero-order valence-electron chi connectivity index (χ0n) is 21.0. The third-order valence-electron chi connectivity index (χ3n) is 6.46. The predicted octanol–water partition coefficient (Wildman–Crippen LogP) is 3.93. The second kappa shape index (κ2) is 10.5. The Morgan fingerprint density at radius 2 is 1.81 bits per heavy atom. The summed E-state index contributed by atoms with van der Waals surface area (Å²) in [6.07, 6.45) is 0. The molecule has 2 aliphatic heterocycles. The van der Waals surface area contributed by atoms with Crippen LogP contribution in [0.4, 0.5) is 10.1 Å². The maximum absolute atomic E-state index is 15.3. The number of amidine groups is 1. The number of halogens is 2. The molecule has 4 rings (SSSR count). The molecule has 1 amide bonds. The van der Waals surface area contributed by atoms with Crippen molar-refractivity contribution in [1.82, 2.24) is 4.90 Å². The molecule has 0 unspecified atom stereocenters. The first-order chi connectivity index (χ1) is 17.0. The Morgan fingerprint density at radius 1 is 1.14 bits per heavy atom. The Morgan fingerprint density at radius 3 is 2.43 bits per heavy atom. The van der Waals surface area contributed by atoms with E-state index in [1.54, 1.807) is 52.0 Å². The highest BCUT2D eigenvalue weighted by Gasteiger charge is 2.45. The summed E-state index contributed by atoms with van der Waals surface area (Å²) in [5.74, 6) is -2.40. The highest BCUT2D eigenvalue weighted by atomic mass is 79.9. The lowest BCUT2D eigenvalue weighted by atomic mass is 9.85. The summed E-state index contributed by atoms with van der Waals surface area (Å²) in [4.78, 5) is 39.9. The molecule has 0 aromatic heterocycles. The van der Waals surface area contributed by atoms with Crippen LogP contribution in [0.15, 0.2) is 24.3 Å². The van der Waals surface area contributed by atoms with Crippen LogP contribution in [0.3, 0.4) is 0 Å². The fourth-order valence-electron chi connectivity index (χ4n) is 4.72. The number of carboxylic acid groups (broad SMARTS) is 1. The van der Waals surface area contributed by atoms with Gasteiger partial charge in [-0.25, -0.2) is 4.39 Å². The van der Waals surface area contributed by atoms with Crippen molar-refractivity contribution in [2.45, 2.75) is 39.7 Å². The van der Waals surface area contributed by atoms with E-state index in [9.17, 15) is 19.5 Å². The van der Waals surface area contributed by atoms with E-state index in [-0.39, 0.29) is 71.3 Å². The van der Waals surface area contributed by atoms with Gasteiger partial charge in [-0.3, -0.25) is 19.8 Å². The van der Waals surface area contributed by atoms with Gasteiger partial charge in [0.1, 0.15) is 12.4 Å². The van der Waals surface area contributed by atoms with Gasteiger partial charge in [0, 0.05) is 17.8 Å². The highest BCUT2D eigenvalue weighted by molar-refractivity contribution is 8.93. The summed E-state index contributed by atoms with van der Waals surface area (Å²) in [6, 6.07) is 6.36. The fourth-order valence-corrected chi connectivity index (χ4v) is 4.72. The first-order valence-electron chi connectivity index (χ1n) is 11.7. The van der Waals surface area contributed by atoms with Crippen LogP contribution >= 0.6 is 17.0 Å². The molecule has 0 spiro atoms. The van der Waals surface area contributed by atoms with E-state index in [4.69, 9.17) is 14.9 Å². The second-order valence-corrected chi connectivity index (χ2v) is 9.19. The summed E-state index contributed by atoms with van der Waals surface area (Å²) < 4.78 is 26.3. The Bertz CT molecular complexity index is 1300. The van der Waals surface area contributed by atoms with Crippen molar-refractivity contribution >= 4 is 46.2 Å². The number of aliphatic carboxylic acids is 1. The Kier molecular flexibility index (Phi) is 7.97. The van der Waals surface area contributed by atoms with Crippen LogP contribution in [0.2, 0.25) is 0 Å². The van der Waals surface area contributed by atoms with Gasteiger partial charge in [-0.2, -0.15) is 0 Å². The average Bonchev–Trinajstić information content (AvgIpc) is 3.22. The van der Waals surface area contributed by atoms with E-state index in [0.717, 1.165) is 0 Å². The number of rotatable bonds is 9. The number of ether oxygens (including phenoxy) is 2. The van der Waals surface area contributed by atoms with E-state index in [2.05, 4.69) is 0 Å². The number of carbonyl (C=O) groups excluding carboxylic acids is 2. The van der Waals surface area contributed by atoms with Crippen molar-refractivity contribution in [2.24, 2.45) is 0 Å². The van der Waals surface area contributed by atoms with Crippen molar-refractivity contribution in [2.75, 3.05) is 31.2 Å². The average molecular weight is 578 g/mol. The third-order valence-corrected chi connectivity index (χ3v) is 6.46. The van der Waals surface area contributed by atoms with Crippen LogP contribution in [0.25, 0.3) is 0 Å². The van der Waals surface area contributed by atoms with Crippen molar-refractivity contribution in [3.8, 4) is 11.5 Å². The maximum atomic E-state index is 15.3. The monoisotopic (exact) mass is 577 g/mol. The number of carbonyl (C=O) groups is 3. The number of hydrogen-bond acceptors (Lipinski definition) is 6. The smallest absolute Gasteiger partial charge is 0.323 e. The minimum Gasteiger partial charge on any atom is -0.490 e. The molecule has 9 nitrogen and oxygen atoms in total. The van der Waals surface area contributed by atoms with Gasteiger partial charge in [0.15, 0.2) is 23.1 Å². The molecule has 0 aliphatic carbocycles. The van der Waals surface area contributed by atoms with E-state index >= 15 is 4.39 Å². The number of amides is 1. The van der Waals surface area contributed by atoms with Crippen LogP contribution in [-0.4, -0.2) is 59.8 Å². The van der Waals surface area contributed by atoms with Crippen LogP contribution in [0, 0.1) is 11.2 Å². The third kappa shape index (κ3) is 4.79. The molecular weight excluding hydrogens is 549 g/mol. The van der Waals surface area contributed by atoms with Gasteiger partial charge >= 0.3 is 5.97 Å². The highest BCUT2D eigenvalue weighted by Crippen LogP contribution is 2.42. The number of nitrogens with zero attached hydrogens (tertiary/aromatic N) is 2. The summed E-state index contributed by atoms with van der Waals surface area (Å²) in [5, 5.41) is 17.7. The lowest BCUT2D eigenvalue weighted by Crippen LogP contribution is -2.39. The molecule has 2 aromatic rings. The fraction of sp³-hybridized carbons (Fsp3) is 0.385. The zero-order valence-corrected chi connectivity index (χ0v) is 22.7. The normalized spacial score (nSPS) is 15.3. The lowest BCUT2D eigenvalue weighted by Gasteiger charge is -2.19. The van der Waals surface area contributed by atoms with Crippen molar-refractivity contribution < 1.29 is 33.4 Å². The molecule has 2 heterocycles. The van der Waals surface area contributed by atoms with Gasteiger partial charge in [0.05, 0.1) is 30.7 Å². The molecule has 2 N–H and O–H groups in total. The van der Waals surface area contributed by atoms with E-state index in [0.29, 0.717) is 29.0 Å². The van der Waals surface area contributed by atoms with E-state index in [1.165, 1.54) is 9.80 Å². The van der Waals surface area contributed by atoms with Crippen LogP contribution in [-0.2, 0) is 21.5 Å². The topological polar surface area (TPSA) is 120 Å². The molecule has 0 saturated carbocycles. The molecule has 0 radical (unpaired) electrons. The van der Waals surface area contributed by atoms with E-state index < -0.39 is 23.7 Å². The molecule has 198 valence electrons. The lowest BCUT2D eigenvalue weighted by molar-refractivity contribution is -0.137. The minimum atomic E-state index is -1.13. The van der Waals surface area contributed by atoms with Crippen molar-refractivity contribution in [3.63, 3.8) is 0 Å². The molecule has 11 heteroatoms. The Balaban J connectivity index is 0.00000380. The number of ketones is 1. The van der Waals surface area contributed by atoms with Crippen molar-refractivity contribution in [3.05, 3.63) is 52.3 Å². The molecule has 0 saturated heterocycles. The first kappa shape index (κ1) is 28.1. The molecule has 2 aromatic carbocycles. The SMILES string of the molecule is Br.CCOc1cc2c(c(F)c1OCC)C(=N)N(CC(=O)c1ccc3c(c1)C(C)(C)C(=O)N3CC(=O)O)C2. The van der Waals surface area contributed by atoms with Gasteiger partial charge < -0.3 is 24.4 Å². The predicted molar refractivity (Wildman–Crippen MR) is 140 cm³/mol. The Hall–Kier alpha value is -3.47. The Labute approximate surface area is 224 Å². The van der Waals surface area contributed by atoms with Crippen molar-refractivity contribution in [1.29, 1.82) is 5.41 Å². The standard InChI is InChI=1S/C26H28FN3O6.BrH/c1-5-35-19-10-15-11-29(24(28)21(15)22(27)23(19)36-6-2)12-18(31)14-7-8-17-16(9-14)26(3,4)25(34)30(17)13-20(32)33;/h7-10,28H,5-6,11-13H2,1-4H3,(H,32,33);1H. The van der Waals surface area contributed by atoms with Gasteiger partial charge in [-0.15, -0.1) is 17.0 Å². The molecule has 0 fully saturated rings. The number of anilines is 1. The number of fused-ring (bicyclic) bond motifs is 2. The van der Waals surface area contributed by atoms with Gasteiger partial charge in [-0.1, -0.05) is 0 Å². The molecule has 37 heavy (non-hydrogen) atoms. The zero-order chi connectivity index (χ0) is 26.4. The largest absolute Gasteiger partial charge is 0.490 e. The van der Waals surface area contributed by atoms with E-state index in [1.807, 2.05) is 0 Å². The summed E-state index contributed by atoms with van der Waals surface area (Å²) in [5.41, 5.74) is 0.960. The number of hydrogen-bond donors (Lipinski definition) is 2. The first-order valence-corrected chi connectivity index (χ1v) is 11.7. The quantitative estimate of drug-likeness (QED) is 0.433. The maximum Gasteiger partial charge on any atom is 0.323 e. The molecule has 2 aliphatic rings. The second-order valence-electron chi connectivity index (χ2n) is 9.19. The van der Waals surface area contributed by atoms with Crippen LogP contribution < -0.4 is 14.4 Å². The number of Topliss-reactive ketones (excluding diaryl/α,β-unsaturated/α-hetero) is 1. The number of nitrogens with one attached hydrogen (secondary N) is 1. The van der Waals surface area contributed by atoms with Gasteiger partial charge in [0.25, 0.3) is 0 Å². The van der Waals surface area contributed by atoms with Crippen LogP contribution in [0.5, 0.6) is 11.5 Å². The minimum absolute atomic E-state index is 0. The molecule has 0 atom stereocenters. The molecule has 0 bridgehead atoms. The van der Waals surface area contributed by atoms with Gasteiger partial charge in [0.2, 0.25) is 5.91 Å². The summed E-state index contributed by atoms with van der Waals surface area (Å²) >= 11 is 0. The number of carboxylic acids is 1. The summed E-state index contributed by atoms with van der Waals surface area (Å²) in [7, 11) is 0. The summed E-state index contributed by atoms with van der Waals surface area (Å²) in [6.45, 7) is 6.94. The van der Waals surface area contributed by atoms with Crippen LogP contribution in [0.1, 0.15) is 54.7 Å². The van der Waals surface area contributed by atoms with Gasteiger partial charge in [-0.05, 0) is 63.1 Å².